The van der Waals surface area contributed by atoms with Gasteiger partial charge in [0.25, 0.3) is 0 Å². The number of aliphatic hydroxyl groups is 1. The minimum Gasteiger partial charge on any atom is -0.479 e. The van der Waals surface area contributed by atoms with Crippen LogP contribution in [0.15, 0.2) is 42.6 Å². The van der Waals surface area contributed by atoms with Gasteiger partial charge in [-0.15, -0.1) is 0 Å². The van der Waals surface area contributed by atoms with Gasteiger partial charge in [0.1, 0.15) is 11.3 Å². The topological polar surface area (TPSA) is 101 Å². The van der Waals surface area contributed by atoms with Gasteiger partial charge in [-0.1, -0.05) is 30.3 Å². The summed E-state index contributed by atoms with van der Waals surface area (Å²) < 4.78 is 7.15. The summed E-state index contributed by atoms with van der Waals surface area (Å²) in [4.78, 5) is 17.0. The second-order valence-corrected chi connectivity index (χ2v) is 7.01. The van der Waals surface area contributed by atoms with Gasteiger partial charge in [-0.3, -0.25) is 10.00 Å². The highest BCUT2D eigenvalue weighted by Crippen LogP contribution is 2.28. The first-order valence-corrected chi connectivity index (χ1v) is 9.09. The molecule has 2 aromatic heterocycles. The molecule has 0 fully saturated rings. The molecule has 8 heteroatoms. The number of carbonyl (C=O) groups is 1. The van der Waals surface area contributed by atoms with E-state index in [4.69, 9.17) is 4.74 Å². The average molecular weight is 383 g/mol. The molecule has 2 amide bonds. The number of carbonyl (C=O) groups excluding carboxylic acids is 1. The molecule has 2 heterocycles. The van der Waals surface area contributed by atoms with Gasteiger partial charge in [0.15, 0.2) is 0 Å². The minimum atomic E-state index is -1.16. The van der Waals surface area contributed by atoms with Crippen LogP contribution < -0.4 is 15.4 Å². The summed E-state index contributed by atoms with van der Waals surface area (Å²) in [6, 6.07) is 9.98. The first-order valence-electron chi connectivity index (χ1n) is 9.09. The smallest absolute Gasteiger partial charge is 0.320 e. The Morgan fingerprint density at radius 2 is 2.04 bits per heavy atom. The number of nitrogens with zero attached hydrogens (tertiary/aromatic N) is 3. The Morgan fingerprint density at radius 3 is 2.64 bits per heavy atom. The second kappa shape index (κ2) is 7.85. The van der Waals surface area contributed by atoms with Crippen molar-refractivity contribution in [2.24, 2.45) is 0 Å². The SMILES string of the molecule is CCn1ncc2cc(NC(=O)NC(c3ccccc3)C(C)(C)O)nc(OC)c21. The van der Waals surface area contributed by atoms with Crippen molar-refractivity contribution in [3.63, 3.8) is 0 Å². The summed E-state index contributed by atoms with van der Waals surface area (Å²) in [5.74, 6) is 0.717. The molecule has 3 aromatic rings. The van der Waals surface area contributed by atoms with E-state index in [1.807, 2.05) is 37.3 Å². The number of benzene rings is 1. The lowest BCUT2D eigenvalue weighted by molar-refractivity contribution is 0.0415. The summed E-state index contributed by atoms with van der Waals surface area (Å²) in [5, 5.41) is 21.2. The lowest BCUT2D eigenvalue weighted by atomic mass is 9.92. The van der Waals surface area contributed by atoms with E-state index in [0.717, 1.165) is 16.5 Å². The number of hydrogen-bond acceptors (Lipinski definition) is 5. The van der Waals surface area contributed by atoms with Gasteiger partial charge >= 0.3 is 6.03 Å². The number of pyridine rings is 1. The van der Waals surface area contributed by atoms with Gasteiger partial charge in [0.05, 0.1) is 24.9 Å². The van der Waals surface area contributed by atoms with Crippen molar-refractivity contribution in [3.8, 4) is 5.88 Å². The van der Waals surface area contributed by atoms with E-state index in [-0.39, 0.29) is 0 Å². The van der Waals surface area contributed by atoms with E-state index >= 15 is 0 Å². The van der Waals surface area contributed by atoms with Crippen molar-refractivity contribution in [2.45, 2.75) is 39.0 Å². The number of fused-ring (bicyclic) bond motifs is 1. The zero-order valence-electron chi connectivity index (χ0n) is 16.4. The van der Waals surface area contributed by atoms with Crippen molar-refractivity contribution >= 4 is 22.8 Å². The lowest BCUT2D eigenvalue weighted by Gasteiger charge is -2.30. The highest BCUT2D eigenvalue weighted by molar-refractivity contribution is 5.92. The molecule has 0 aliphatic heterocycles. The van der Waals surface area contributed by atoms with Crippen molar-refractivity contribution in [1.29, 1.82) is 0 Å². The van der Waals surface area contributed by atoms with Crippen molar-refractivity contribution in [2.75, 3.05) is 12.4 Å². The average Bonchev–Trinajstić information content (AvgIpc) is 3.08. The number of aryl methyl sites for hydroxylation is 1. The molecule has 0 bridgehead atoms. The van der Waals surface area contributed by atoms with Gasteiger partial charge in [0.2, 0.25) is 5.88 Å². The third kappa shape index (κ3) is 4.07. The molecule has 0 saturated heterocycles. The number of ether oxygens (including phenoxy) is 1. The number of rotatable bonds is 6. The molecule has 0 radical (unpaired) electrons. The van der Waals surface area contributed by atoms with Gasteiger partial charge in [-0.2, -0.15) is 10.1 Å². The number of hydrogen-bond donors (Lipinski definition) is 3. The molecule has 0 saturated carbocycles. The molecule has 1 atom stereocenters. The van der Waals surface area contributed by atoms with Crippen molar-refractivity contribution in [1.82, 2.24) is 20.1 Å². The summed E-state index contributed by atoms with van der Waals surface area (Å²) >= 11 is 0. The number of methoxy groups -OCH3 is 1. The van der Waals surface area contributed by atoms with Gasteiger partial charge in [-0.25, -0.2) is 4.79 Å². The highest BCUT2D eigenvalue weighted by atomic mass is 16.5. The maximum absolute atomic E-state index is 12.6. The Balaban J connectivity index is 1.84. The largest absolute Gasteiger partial charge is 0.479 e. The van der Waals surface area contributed by atoms with Crippen LogP contribution in [-0.4, -0.2) is 38.6 Å². The normalized spacial score (nSPS) is 12.6. The van der Waals surface area contributed by atoms with Gasteiger partial charge < -0.3 is 15.2 Å². The van der Waals surface area contributed by atoms with Crippen LogP contribution in [0.4, 0.5) is 10.6 Å². The van der Waals surface area contributed by atoms with Crippen LogP contribution in [0.5, 0.6) is 5.88 Å². The van der Waals surface area contributed by atoms with Crippen LogP contribution in [0.1, 0.15) is 32.4 Å². The van der Waals surface area contributed by atoms with Gasteiger partial charge in [0, 0.05) is 11.9 Å². The third-order valence-electron chi connectivity index (χ3n) is 4.43. The fourth-order valence-corrected chi connectivity index (χ4v) is 3.12. The Kier molecular flexibility index (Phi) is 5.51. The zero-order chi connectivity index (χ0) is 20.3. The fraction of sp³-hybridized carbons (Fsp3) is 0.350. The molecule has 0 aliphatic carbocycles. The predicted octanol–water partition coefficient (Wildman–Crippen LogP) is 3.09. The number of amides is 2. The molecule has 8 nitrogen and oxygen atoms in total. The molecule has 0 spiro atoms. The van der Waals surface area contributed by atoms with E-state index in [1.54, 1.807) is 30.8 Å². The summed E-state index contributed by atoms with van der Waals surface area (Å²) in [6.45, 7) is 5.96. The molecule has 1 unspecified atom stereocenters. The Bertz CT molecular complexity index is 963. The van der Waals surface area contributed by atoms with Crippen LogP contribution in [-0.2, 0) is 6.54 Å². The standard InChI is InChI=1S/C20H25N5O3/c1-5-25-16-14(12-21-25)11-15(22-18(16)28-4)23-19(26)24-17(20(2,3)27)13-9-7-6-8-10-13/h6-12,17,27H,5H2,1-4H3,(H2,22,23,24,26). The number of anilines is 1. The predicted molar refractivity (Wildman–Crippen MR) is 107 cm³/mol. The molecule has 1 aromatic carbocycles. The molecule has 3 N–H and O–H groups in total. The second-order valence-electron chi connectivity index (χ2n) is 7.01. The van der Waals surface area contributed by atoms with Crippen LogP contribution in [0, 0.1) is 0 Å². The molecule has 0 aliphatic rings. The summed E-state index contributed by atoms with van der Waals surface area (Å²) in [5.41, 5.74) is 0.417. The van der Waals surface area contributed by atoms with Crippen molar-refractivity contribution < 1.29 is 14.6 Å². The first-order chi connectivity index (χ1) is 13.3. The number of urea groups is 1. The summed E-state index contributed by atoms with van der Waals surface area (Å²) in [6.07, 6.45) is 1.70. The maximum Gasteiger partial charge on any atom is 0.320 e. The lowest BCUT2D eigenvalue weighted by Crippen LogP contribution is -2.43. The maximum atomic E-state index is 12.6. The van der Waals surface area contributed by atoms with E-state index in [2.05, 4.69) is 20.7 Å². The highest BCUT2D eigenvalue weighted by Gasteiger charge is 2.30. The quantitative estimate of drug-likeness (QED) is 0.607. The minimum absolute atomic E-state index is 0.333. The van der Waals surface area contributed by atoms with E-state index in [1.165, 1.54) is 7.11 Å². The zero-order valence-corrected chi connectivity index (χ0v) is 16.4. The van der Waals surface area contributed by atoms with Crippen molar-refractivity contribution in [3.05, 3.63) is 48.2 Å². The molecular weight excluding hydrogens is 358 g/mol. The fourth-order valence-electron chi connectivity index (χ4n) is 3.12. The third-order valence-corrected chi connectivity index (χ3v) is 4.43. The van der Waals surface area contributed by atoms with Gasteiger partial charge in [-0.05, 0) is 32.4 Å². The van der Waals surface area contributed by atoms with Crippen LogP contribution in [0.3, 0.4) is 0 Å². The van der Waals surface area contributed by atoms with E-state index in [0.29, 0.717) is 18.2 Å². The Morgan fingerprint density at radius 1 is 1.32 bits per heavy atom. The molecular formula is C20H25N5O3. The van der Waals surface area contributed by atoms with Crippen LogP contribution >= 0.6 is 0 Å². The monoisotopic (exact) mass is 383 g/mol. The van der Waals surface area contributed by atoms with Crippen LogP contribution in [0.25, 0.3) is 10.9 Å². The Labute approximate surface area is 163 Å². The van der Waals surface area contributed by atoms with Crippen LogP contribution in [0.2, 0.25) is 0 Å². The number of nitrogens with one attached hydrogen (secondary N) is 2. The molecule has 148 valence electrons. The summed E-state index contributed by atoms with van der Waals surface area (Å²) in [7, 11) is 1.53. The Hall–Kier alpha value is -3.13. The van der Waals surface area contributed by atoms with E-state index < -0.39 is 17.7 Å². The van der Waals surface area contributed by atoms with E-state index in [9.17, 15) is 9.90 Å². The molecule has 3 rings (SSSR count). The first kappa shape index (κ1) is 19.6. The molecule has 28 heavy (non-hydrogen) atoms. The number of aromatic nitrogens is 3.